The average Bonchev–Trinajstić information content (AvgIpc) is 2.28. The van der Waals surface area contributed by atoms with Crippen molar-refractivity contribution in [3.63, 3.8) is 0 Å². The van der Waals surface area contributed by atoms with Gasteiger partial charge in [-0.1, -0.05) is 0 Å². The average molecular weight is 214 g/mol. The Hall–Kier alpha value is -1.02. The second-order valence-corrected chi connectivity index (χ2v) is 3.81. The third-order valence-corrected chi connectivity index (χ3v) is 2.12. The summed E-state index contributed by atoms with van der Waals surface area (Å²) < 4.78 is 56.9. The fourth-order valence-corrected chi connectivity index (χ4v) is 1.22. The van der Waals surface area contributed by atoms with Crippen LogP contribution in [-0.4, -0.2) is 13.4 Å². The molecule has 1 rings (SSSR count). The number of aromatic nitrogens is 1. The molecule has 0 aromatic carbocycles. The van der Waals surface area contributed by atoms with Crippen molar-refractivity contribution in [2.45, 2.75) is 11.2 Å². The largest absolute Gasteiger partial charge is 0.431 e. The number of H-pyrrole nitrogens is 1. The van der Waals surface area contributed by atoms with Crippen LogP contribution in [0.25, 0.3) is 0 Å². The maximum absolute atomic E-state index is 11.9. The van der Waals surface area contributed by atoms with E-state index < -0.39 is 26.9 Å². The van der Waals surface area contributed by atoms with E-state index >= 15 is 0 Å². The number of rotatable bonds is 1. The van der Waals surface area contributed by atoms with E-state index in [4.69, 9.17) is 0 Å². The Kier molecular flexibility index (Phi) is 2.12. The third kappa shape index (κ3) is 2.22. The molecule has 0 fully saturated rings. The lowest BCUT2D eigenvalue weighted by molar-refractivity contribution is -0.141. The highest BCUT2D eigenvalue weighted by Gasteiger charge is 2.33. The molecular weight excluding hydrogens is 209 g/mol. The second kappa shape index (κ2) is 2.74. The summed E-state index contributed by atoms with van der Waals surface area (Å²) in [6, 6.07) is 1.37. The monoisotopic (exact) mass is 214 g/mol. The number of nitrogens with two attached hydrogens (primary N) is 1. The minimum atomic E-state index is -4.59. The maximum Gasteiger partial charge on any atom is 0.431 e. The van der Waals surface area contributed by atoms with Gasteiger partial charge in [0.05, 0.1) is 0 Å². The van der Waals surface area contributed by atoms with Crippen LogP contribution in [0.15, 0.2) is 17.2 Å². The van der Waals surface area contributed by atoms with Crippen LogP contribution >= 0.6 is 0 Å². The zero-order valence-corrected chi connectivity index (χ0v) is 6.91. The number of halogens is 3. The lowest BCUT2D eigenvalue weighted by atomic mass is 10.4. The molecule has 0 spiro atoms. The summed E-state index contributed by atoms with van der Waals surface area (Å²) in [4.78, 5) is 1.66. The highest BCUT2D eigenvalue weighted by molar-refractivity contribution is 7.89. The van der Waals surface area contributed by atoms with Crippen molar-refractivity contribution in [1.29, 1.82) is 0 Å². The van der Waals surface area contributed by atoms with Gasteiger partial charge < -0.3 is 4.98 Å². The van der Waals surface area contributed by atoms with Crippen LogP contribution in [-0.2, 0) is 16.2 Å². The summed E-state index contributed by atoms with van der Waals surface area (Å²) in [5.41, 5.74) is -1.14. The molecule has 0 aliphatic carbocycles. The van der Waals surface area contributed by atoms with Gasteiger partial charge in [-0.25, -0.2) is 13.6 Å². The van der Waals surface area contributed by atoms with E-state index in [-0.39, 0.29) is 0 Å². The van der Waals surface area contributed by atoms with E-state index in [0.29, 0.717) is 6.07 Å². The van der Waals surface area contributed by atoms with Crippen molar-refractivity contribution in [2.24, 2.45) is 5.14 Å². The molecule has 8 heteroatoms. The van der Waals surface area contributed by atoms with Gasteiger partial charge in [0.1, 0.15) is 10.7 Å². The standard InChI is InChI=1S/C5H5F3N2O2S/c6-5(7,8)3-1-2-4(10-3)13(9,11)12/h1-2,10H,(H2,9,11,12). The van der Waals surface area contributed by atoms with E-state index in [1.807, 2.05) is 0 Å². The Bertz CT molecular complexity index is 406. The summed E-state index contributed by atoms with van der Waals surface area (Å²) in [5, 5.41) is 3.93. The lowest BCUT2D eigenvalue weighted by Gasteiger charge is -2.01. The van der Waals surface area contributed by atoms with Crippen LogP contribution in [0.2, 0.25) is 0 Å². The van der Waals surface area contributed by atoms with E-state index in [0.717, 1.165) is 6.07 Å². The van der Waals surface area contributed by atoms with Gasteiger partial charge in [0.2, 0.25) is 0 Å². The molecule has 1 aromatic heterocycles. The zero-order valence-electron chi connectivity index (χ0n) is 6.09. The lowest BCUT2D eigenvalue weighted by Crippen LogP contribution is -2.13. The van der Waals surface area contributed by atoms with E-state index in [1.165, 1.54) is 0 Å². The zero-order chi connectivity index (χ0) is 10.3. The van der Waals surface area contributed by atoms with Crippen molar-refractivity contribution < 1.29 is 21.6 Å². The minimum Gasteiger partial charge on any atom is -0.341 e. The van der Waals surface area contributed by atoms with Crippen LogP contribution in [0.3, 0.4) is 0 Å². The molecule has 0 radical (unpaired) electrons. The molecule has 0 saturated heterocycles. The number of primary sulfonamides is 1. The molecule has 1 aromatic rings. The van der Waals surface area contributed by atoms with Crippen molar-refractivity contribution in [1.82, 2.24) is 4.98 Å². The van der Waals surface area contributed by atoms with Gasteiger partial charge in [0, 0.05) is 0 Å². The van der Waals surface area contributed by atoms with E-state index in [1.54, 1.807) is 4.98 Å². The number of hydrogen-bond acceptors (Lipinski definition) is 2. The van der Waals surface area contributed by atoms with Crippen LogP contribution in [0.1, 0.15) is 5.69 Å². The van der Waals surface area contributed by atoms with Gasteiger partial charge in [0.15, 0.2) is 0 Å². The number of nitrogens with one attached hydrogen (secondary N) is 1. The Morgan fingerprint density at radius 3 is 2.08 bits per heavy atom. The topological polar surface area (TPSA) is 76.0 Å². The molecule has 74 valence electrons. The van der Waals surface area contributed by atoms with Crippen LogP contribution in [0.5, 0.6) is 0 Å². The fourth-order valence-electron chi connectivity index (χ4n) is 0.706. The number of sulfonamides is 1. The van der Waals surface area contributed by atoms with Crippen LogP contribution < -0.4 is 5.14 Å². The van der Waals surface area contributed by atoms with E-state index in [9.17, 15) is 21.6 Å². The van der Waals surface area contributed by atoms with Gasteiger partial charge in [-0.15, -0.1) is 0 Å². The maximum atomic E-state index is 11.9. The van der Waals surface area contributed by atoms with Crippen molar-refractivity contribution in [3.05, 3.63) is 17.8 Å². The quantitative estimate of drug-likeness (QED) is 0.721. The minimum absolute atomic E-state index is 0.611. The molecule has 0 aliphatic rings. The van der Waals surface area contributed by atoms with Crippen LogP contribution in [0.4, 0.5) is 13.2 Å². The predicted molar refractivity (Wildman–Crippen MR) is 37.2 cm³/mol. The Labute approximate surface area is 71.6 Å². The molecule has 0 unspecified atom stereocenters. The first kappa shape index (κ1) is 10.1. The van der Waals surface area contributed by atoms with Gasteiger partial charge in [-0.05, 0) is 12.1 Å². The van der Waals surface area contributed by atoms with Gasteiger partial charge in [-0.3, -0.25) is 0 Å². The first-order valence-electron chi connectivity index (χ1n) is 3.00. The third-order valence-electron chi connectivity index (χ3n) is 1.27. The molecule has 1 heterocycles. The van der Waals surface area contributed by atoms with Crippen LogP contribution in [0, 0.1) is 0 Å². The summed E-state index contributed by atoms with van der Waals surface area (Å²) >= 11 is 0. The molecule has 0 aliphatic heterocycles. The SMILES string of the molecule is NS(=O)(=O)c1ccc(C(F)(F)F)[nH]1. The normalized spacial score (nSPS) is 13.2. The van der Waals surface area contributed by atoms with Crippen molar-refractivity contribution >= 4 is 10.0 Å². The molecule has 0 atom stereocenters. The number of hydrogen-bond donors (Lipinski definition) is 2. The predicted octanol–water partition coefficient (Wildman–Crippen LogP) is 0.681. The summed E-state index contributed by atoms with van der Waals surface area (Å²) in [5.74, 6) is 0. The Morgan fingerprint density at radius 1 is 1.31 bits per heavy atom. The Balaban J connectivity index is 3.16. The summed E-state index contributed by atoms with van der Waals surface area (Å²) in [6.07, 6.45) is -4.59. The van der Waals surface area contributed by atoms with Gasteiger partial charge in [0.25, 0.3) is 10.0 Å². The molecule has 0 bridgehead atoms. The molecule has 0 amide bonds. The summed E-state index contributed by atoms with van der Waals surface area (Å²) in [7, 11) is -4.10. The smallest absolute Gasteiger partial charge is 0.341 e. The second-order valence-electron chi connectivity index (χ2n) is 2.28. The highest BCUT2D eigenvalue weighted by atomic mass is 32.2. The van der Waals surface area contributed by atoms with E-state index in [2.05, 4.69) is 5.14 Å². The first-order chi connectivity index (χ1) is 5.71. The highest BCUT2D eigenvalue weighted by Crippen LogP contribution is 2.28. The van der Waals surface area contributed by atoms with Crippen molar-refractivity contribution in [2.75, 3.05) is 0 Å². The number of aromatic amines is 1. The van der Waals surface area contributed by atoms with Crippen molar-refractivity contribution in [3.8, 4) is 0 Å². The van der Waals surface area contributed by atoms with Gasteiger partial charge >= 0.3 is 6.18 Å². The number of alkyl halides is 3. The molecule has 0 saturated carbocycles. The van der Waals surface area contributed by atoms with Gasteiger partial charge in [-0.2, -0.15) is 13.2 Å². The summed E-state index contributed by atoms with van der Waals surface area (Å²) in [6.45, 7) is 0. The molecule has 3 N–H and O–H groups in total. The first-order valence-corrected chi connectivity index (χ1v) is 4.55. The molecule has 13 heavy (non-hydrogen) atoms. The fraction of sp³-hybridized carbons (Fsp3) is 0.200. The molecular formula is C5H5F3N2O2S. The molecule has 4 nitrogen and oxygen atoms in total. The Morgan fingerprint density at radius 2 is 1.85 bits per heavy atom.